The molecule has 0 aliphatic rings. The third-order valence-electron chi connectivity index (χ3n) is 4.60. The molecule has 0 radical (unpaired) electrons. The summed E-state index contributed by atoms with van der Waals surface area (Å²) in [6.45, 7) is 0.362. The molecule has 0 aromatic heterocycles. The molecular formula is C24H23FN2O2. The number of benzene rings is 3. The molecule has 3 aromatic rings. The molecule has 0 saturated carbocycles. The molecule has 0 fully saturated rings. The highest BCUT2D eigenvalue weighted by atomic mass is 19.1. The molecule has 0 aliphatic carbocycles. The van der Waals surface area contributed by atoms with Gasteiger partial charge in [0.25, 0.3) is 0 Å². The Morgan fingerprint density at radius 1 is 0.862 bits per heavy atom. The van der Waals surface area contributed by atoms with Crippen LogP contribution in [0.3, 0.4) is 0 Å². The number of carbonyl (C=O) groups is 2. The standard InChI is InChI=1S/C24H23FN2O2/c1-27(17-18-10-12-21(13-11-18)20-7-3-2-4-8-20)24(29)16-26-23(28)15-19-6-5-9-22(25)14-19/h2-14H,15-17H2,1H3,(H,26,28). The lowest BCUT2D eigenvalue weighted by Crippen LogP contribution is -2.38. The van der Waals surface area contributed by atoms with Gasteiger partial charge in [-0.05, 0) is 34.4 Å². The Labute approximate surface area is 170 Å². The first kappa shape index (κ1) is 20.3. The highest BCUT2D eigenvalue weighted by molar-refractivity contribution is 5.85. The molecule has 3 aromatic carbocycles. The van der Waals surface area contributed by atoms with E-state index in [-0.39, 0.29) is 30.6 Å². The van der Waals surface area contributed by atoms with Gasteiger partial charge in [0, 0.05) is 13.6 Å². The van der Waals surface area contributed by atoms with Gasteiger partial charge in [0.2, 0.25) is 11.8 Å². The lowest BCUT2D eigenvalue weighted by atomic mass is 10.0. The van der Waals surface area contributed by atoms with E-state index in [0.29, 0.717) is 12.1 Å². The molecular weight excluding hydrogens is 367 g/mol. The first-order valence-electron chi connectivity index (χ1n) is 9.41. The SMILES string of the molecule is CN(Cc1ccc(-c2ccccc2)cc1)C(=O)CNC(=O)Cc1cccc(F)c1. The zero-order chi connectivity index (χ0) is 20.6. The van der Waals surface area contributed by atoms with Crippen molar-refractivity contribution in [1.82, 2.24) is 10.2 Å². The van der Waals surface area contributed by atoms with E-state index in [2.05, 4.69) is 17.4 Å². The van der Waals surface area contributed by atoms with Gasteiger partial charge in [-0.2, -0.15) is 0 Å². The van der Waals surface area contributed by atoms with E-state index in [1.54, 1.807) is 24.1 Å². The zero-order valence-corrected chi connectivity index (χ0v) is 16.3. The lowest BCUT2D eigenvalue weighted by Gasteiger charge is -2.18. The summed E-state index contributed by atoms with van der Waals surface area (Å²) in [7, 11) is 1.70. The van der Waals surface area contributed by atoms with Crippen LogP contribution in [0.4, 0.5) is 4.39 Å². The molecule has 5 heteroatoms. The average molecular weight is 390 g/mol. The van der Waals surface area contributed by atoms with Crippen LogP contribution in [-0.2, 0) is 22.6 Å². The largest absolute Gasteiger partial charge is 0.347 e. The molecule has 0 bridgehead atoms. The number of carbonyl (C=O) groups excluding carboxylic acids is 2. The van der Waals surface area contributed by atoms with Gasteiger partial charge in [-0.3, -0.25) is 9.59 Å². The summed E-state index contributed by atoms with van der Waals surface area (Å²) in [6.07, 6.45) is 0.0374. The van der Waals surface area contributed by atoms with Gasteiger partial charge in [-0.15, -0.1) is 0 Å². The maximum absolute atomic E-state index is 13.2. The second-order valence-corrected chi connectivity index (χ2v) is 6.90. The Hall–Kier alpha value is -3.47. The summed E-state index contributed by atoms with van der Waals surface area (Å²) < 4.78 is 13.2. The van der Waals surface area contributed by atoms with Gasteiger partial charge < -0.3 is 10.2 Å². The Morgan fingerprint density at radius 3 is 2.24 bits per heavy atom. The molecule has 148 valence electrons. The molecule has 0 saturated heterocycles. The smallest absolute Gasteiger partial charge is 0.242 e. The Kier molecular flexibility index (Phi) is 6.74. The topological polar surface area (TPSA) is 49.4 Å². The normalized spacial score (nSPS) is 10.4. The van der Waals surface area contributed by atoms with Crippen LogP contribution in [0.2, 0.25) is 0 Å². The van der Waals surface area contributed by atoms with Gasteiger partial charge in [0.15, 0.2) is 0 Å². The van der Waals surface area contributed by atoms with Crippen molar-refractivity contribution in [2.75, 3.05) is 13.6 Å². The van der Waals surface area contributed by atoms with E-state index in [4.69, 9.17) is 0 Å². The van der Waals surface area contributed by atoms with Gasteiger partial charge in [-0.25, -0.2) is 4.39 Å². The van der Waals surface area contributed by atoms with Crippen LogP contribution < -0.4 is 5.32 Å². The van der Waals surface area contributed by atoms with Crippen molar-refractivity contribution in [3.8, 4) is 11.1 Å². The summed E-state index contributed by atoms with van der Waals surface area (Å²) in [4.78, 5) is 25.8. The summed E-state index contributed by atoms with van der Waals surface area (Å²) in [5.74, 6) is -0.890. The minimum atomic E-state index is -0.385. The van der Waals surface area contributed by atoms with E-state index in [9.17, 15) is 14.0 Å². The molecule has 0 unspecified atom stereocenters. The molecule has 0 heterocycles. The Balaban J connectivity index is 1.48. The third-order valence-corrected chi connectivity index (χ3v) is 4.60. The number of likely N-dealkylation sites (N-methyl/N-ethyl adjacent to an activating group) is 1. The third kappa shape index (κ3) is 6.01. The van der Waals surface area contributed by atoms with Crippen molar-refractivity contribution < 1.29 is 14.0 Å². The Morgan fingerprint density at radius 2 is 1.55 bits per heavy atom. The fraction of sp³-hybridized carbons (Fsp3) is 0.167. The minimum absolute atomic E-state index is 0.0374. The van der Waals surface area contributed by atoms with Crippen molar-refractivity contribution in [3.05, 3.63) is 95.8 Å². The fourth-order valence-corrected chi connectivity index (χ4v) is 3.00. The van der Waals surface area contributed by atoms with Gasteiger partial charge in [0.1, 0.15) is 5.82 Å². The average Bonchev–Trinajstić information content (AvgIpc) is 2.73. The van der Waals surface area contributed by atoms with Crippen LogP contribution in [0, 0.1) is 5.82 Å². The Bertz CT molecular complexity index is 972. The molecule has 0 atom stereocenters. The van der Waals surface area contributed by atoms with Crippen LogP contribution in [0.5, 0.6) is 0 Å². The molecule has 4 nitrogen and oxygen atoms in total. The van der Waals surface area contributed by atoms with E-state index in [1.807, 2.05) is 42.5 Å². The zero-order valence-electron chi connectivity index (χ0n) is 16.3. The maximum atomic E-state index is 13.2. The molecule has 2 amide bonds. The van der Waals surface area contributed by atoms with Gasteiger partial charge >= 0.3 is 0 Å². The second kappa shape index (κ2) is 9.64. The molecule has 1 N–H and O–H groups in total. The van der Waals surface area contributed by atoms with Crippen molar-refractivity contribution in [3.63, 3.8) is 0 Å². The van der Waals surface area contributed by atoms with Gasteiger partial charge in [-0.1, -0.05) is 66.7 Å². The monoisotopic (exact) mass is 390 g/mol. The second-order valence-electron chi connectivity index (χ2n) is 6.90. The predicted molar refractivity (Wildman–Crippen MR) is 111 cm³/mol. The number of rotatable bonds is 7. The number of hydrogen-bond donors (Lipinski definition) is 1. The fourth-order valence-electron chi connectivity index (χ4n) is 3.00. The maximum Gasteiger partial charge on any atom is 0.242 e. The van der Waals surface area contributed by atoms with Crippen LogP contribution in [-0.4, -0.2) is 30.3 Å². The van der Waals surface area contributed by atoms with E-state index in [0.717, 1.165) is 16.7 Å². The first-order chi connectivity index (χ1) is 14.0. The summed E-state index contributed by atoms with van der Waals surface area (Å²) in [5.41, 5.74) is 3.84. The number of amides is 2. The number of hydrogen-bond acceptors (Lipinski definition) is 2. The predicted octanol–water partition coefficient (Wildman–Crippen LogP) is 3.81. The van der Waals surface area contributed by atoms with Crippen molar-refractivity contribution in [1.29, 1.82) is 0 Å². The number of halogens is 1. The number of nitrogens with zero attached hydrogens (tertiary/aromatic N) is 1. The van der Waals surface area contributed by atoms with Gasteiger partial charge in [0.05, 0.1) is 13.0 Å². The highest BCUT2D eigenvalue weighted by Crippen LogP contribution is 2.19. The minimum Gasteiger partial charge on any atom is -0.347 e. The summed E-state index contributed by atoms with van der Waals surface area (Å²) in [6, 6.07) is 24.0. The molecule has 0 spiro atoms. The summed E-state index contributed by atoms with van der Waals surface area (Å²) >= 11 is 0. The van der Waals surface area contributed by atoms with Crippen LogP contribution in [0.1, 0.15) is 11.1 Å². The summed E-state index contributed by atoms with van der Waals surface area (Å²) in [5, 5.41) is 2.60. The van der Waals surface area contributed by atoms with E-state index < -0.39 is 0 Å². The lowest BCUT2D eigenvalue weighted by molar-refractivity contribution is -0.132. The van der Waals surface area contributed by atoms with Crippen molar-refractivity contribution in [2.24, 2.45) is 0 Å². The number of nitrogens with one attached hydrogen (secondary N) is 1. The molecule has 3 rings (SSSR count). The van der Waals surface area contributed by atoms with Crippen LogP contribution >= 0.6 is 0 Å². The first-order valence-corrected chi connectivity index (χ1v) is 9.41. The molecule has 0 aliphatic heterocycles. The van der Waals surface area contributed by atoms with Crippen molar-refractivity contribution in [2.45, 2.75) is 13.0 Å². The molecule has 29 heavy (non-hydrogen) atoms. The van der Waals surface area contributed by atoms with Crippen LogP contribution in [0.15, 0.2) is 78.9 Å². The quantitative estimate of drug-likeness (QED) is 0.667. The highest BCUT2D eigenvalue weighted by Gasteiger charge is 2.12. The van der Waals surface area contributed by atoms with E-state index >= 15 is 0 Å². The van der Waals surface area contributed by atoms with E-state index in [1.165, 1.54) is 12.1 Å². The van der Waals surface area contributed by atoms with Crippen LogP contribution in [0.25, 0.3) is 11.1 Å². The van der Waals surface area contributed by atoms with Crippen molar-refractivity contribution >= 4 is 11.8 Å².